The Labute approximate surface area is 169 Å². The summed E-state index contributed by atoms with van der Waals surface area (Å²) in [5.74, 6) is -0.459. The first-order valence-corrected chi connectivity index (χ1v) is 12.2. The van der Waals surface area contributed by atoms with E-state index in [1.54, 1.807) is 23.5 Å². The van der Waals surface area contributed by atoms with Crippen molar-refractivity contribution in [2.45, 2.75) is 36.9 Å². The number of nitrogens with zero attached hydrogens (tertiary/aromatic N) is 2. The molecule has 6 nitrogen and oxygen atoms in total. The Kier molecular flexibility index (Phi) is 6.18. The zero-order valence-electron chi connectivity index (χ0n) is 14.4. The van der Waals surface area contributed by atoms with Gasteiger partial charge in [0.15, 0.2) is 0 Å². The van der Waals surface area contributed by atoms with E-state index < -0.39 is 10.0 Å². The molecule has 1 amide bonds. The number of sulfonamides is 1. The van der Waals surface area contributed by atoms with Gasteiger partial charge in [-0.05, 0) is 54.8 Å². The highest BCUT2D eigenvalue weighted by atomic mass is 79.9. The van der Waals surface area contributed by atoms with Crippen LogP contribution < -0.4 is 5.32 Å². The maximum absolute atomic E-state index is 12.8. The van der Waals surface area contributed by atoms with Crippen molar-refractivity contribution in [3.05, 3.63) is 32.0 Å². The molecule has 1 fully saturated rings. The molecule has 0 aliphatic carbocycles. The lowest BCUT2D eigenvalue weighted by Gasteiger charge is -2.31. The maximum atomic E-state index is 12.8. The summed E-state index contributed by atoms with van der Waals surface area (Å²) in [6, 6.07) is 3.14. The van der Waals surface area contributed by atoms with Gasteiger partial charge >= 0.3 is 0 Å². The molecule has 2 aromatic heterocycles. The van der Waals surface area contributed by atoms with Gasteiger partial charge in [-0.2, -0.15) is 4.31 Å². The number of hydrogen-bond donors (Lipinski definition) is 1. The highest BCUT2D eigenvalue weighted by Gasteiger charge is 2.34. The van der Waals surface area contributed by atoms with E-state index in [9.17, 15) is 13.2 Å². The Balaban J connectivity index is 1.67. The van der Waals surface area contributed by atoms with Crippen molar-refractivity contribution >= 4 is 54.5 Å². The number of piperidine rings is 1. The van der Waals surface area contributed by atoms with E-state index in [-0.39, 0.29) is 24.4 Å². The first kappa shape index (κ1) is 19.9. The Hall–Kier alpha value is -0.810. The molecule has 1 aliphatic heterocycles. The second kappa shape index (κ2) is 8.05. The van der Waals surface area contributed by atoms with E-state index in [0.717, 1.165) is 14.5 Å². The van der Waals surface area contributed by atoms with Crippen molar-refractivity contribution in [2.75, 3.05) is 13.1 Å². The minimum Gasteiger partial charge on any atom is -0.348 e. The quantitative estimate of drug-likeness (QED) is 0.713. The fraction of sp³-hybridized carbons (Fsp3) is 0.500. The second-order valence-electron chi connectivity index (χ2n) is 6.28. The third kappa shape index (κ3) is 4.36. The van der Waals surface area contributed by atoms with Crippen molar-refractivity contribution in [1.29, 1.82) is 0 Å². The molecule has 0 aromatic carbocycles. The van der Waals surface area contributed by atoms with E-state index in [2.05, 4.69) is 26.2 Å². The van der Waals surface area contributed by atoms with Crippen LogP contribution in [0.25, 0.3) is 0 Å². The van der Waals surface area contributed by atoms with Gasteiger partial charge in [0, 0.05) is 18.5 Å². The molecular formula is C16H20BrN3O3S3. The molecule has 1 aliphatic rings. The lowest BCUT2D eigenvalue weighted by atomic mass is 9.98. The Morgan fingerprint density at radius 3 is 2.85 bits per heavy atom. The van der Waals surface area contributed by atoms with Crippen LogP contribution in [-0.2, 0) is 14.8 Å². The first-order chi connectivity index (χ1) is 12.3. The summed E-state index contributed by atoms with van der Waals surface area (Å²) >= 11 is 6.03. The molecular weight excluding hydrogens is 458 g/mol. The molecule has 0 spiro atoms. The molecule has 0 bridgehead atoms. The number of rotatable bonds is 5. The van der Waals surface area contributed by atoms with Gasteiger partial charge in [-0.25, -0.2) is 13.4 Å². The van der Waals surface area contributed by atoms with Gasteiger partial charge < -0.3 is 5.32 Å². The average Bonchev–Trinajstić information content (AvgIpc) is 3.24. The predicted molar refractivity (Wildman–Crippen MR) is 107 cm³/mol. The maximum Gasteiger partial charge on any atom is 0.252 e. The molecule has 3 rings (SSSR count). The second-order valence-corrected chi connectivity index (χ2v) is 12.0. The first-order valence-electron chi connectivity index (χ1n) is 8.25. The number of halogens is 1. The Bertz CT molecular complexity index is 893. The molecule has 10 heteroatoms. The van der Waals surface area contributed by atoms with Crippen molar-refractivity contribution in [3.8, 4) is 0 Å². The number of thiophene rings is 1. The van der Waals surface area contributed by atoms with Crippen LogP contribution in [0.5, 0.6) is 0 Å². The monoisotopic (exact) mass is 477 g/mol. The van der Waals surface area contributed by atoms with Crippen LogP contribution >= 0.6 is 38.6 Å². The molecule has 26 heavy (non-hydrogen) atoms. The van der Waals surface area contributed by atoms with Gasteiger partial charge in [-0.1, -0.05) is 0 Å². The summed E-state index contributed by atoms with van der Waals surface area (Å²) in [7, 11) is -3.55. The number of carbonyl (C=O) groups excluding carboxylic acids is 1. The van der Waals surface area contributed by atoms with Crippen LogP contribution in [0.3, 0.4) is 0 Å². The van der Waals surface area contributed by atoms with Gasteiger partial charge in [0.2, 0.25) is 5.91 Å². The molecule has 2 unspecified atom stereocenters. The lowest BCUT2D eigenvalue weighted by molar-refractivity contribution is -0.126. The number of hydrogen-bond acceptors (Lipinski definition) is 6. The van der Waals surface area contributed by atoms with Gasteiger partial charge in [-0.3, -0.25) is 4.79 Å². The number of thiazole rings is 1. The zero-order valence-corrected chi connectivity index (χ0v) is 18.5. The Morgan fingerprint density at radius 2 is 2.23 bits per heavy atom. The van der Waals surface area contributed by atoms with Crippen molar-refractivity contribution in [1.82, 2.24) is 14.6 Å². The summed E-state index contributed by atoms with van der Waals surface area (Å²) < 4.78 is 28.1. The summed E-state index contributed by atoms with van der Waals surface area (Å²) in [6.07, 6.45) is 1.36. The molecule has 2 atom stereocenters. The van der Waals surface area contributed by atoms with Gasteiger partial charge in [-0.15, -0.1) is 22.7 Å². The molecule has 1 saturated heterocycles. The van der Waals surface area contributed by atoms with Crippen LogP contribution in [0.15, 0.2) is 25.5 Å². The summed E-state index contributed by atoms with van der Waals surface area (Å²) in [4.78, 5) is 17.0. The van der Waals surface area contributed by atoms with Crippen LogP contribution in [0, 0.1) is 12.8 Å². The highest BCUT2D eigenvalue weighted by molar-refractivity contribution is 9.11. The van der Waals surface area contributed by atoms with Crippen LogP contribution in [-0.4, -0.2) is 36.7 Å². The number of amides is 1. The van der Waals surface area contributed by atoms with Gasteiger partial charge in [0.05, 0.1) is 26.4 Å². The average molecular weight is 478 g/mol. The third-order valence-electron chi connectivity index (χ3n) is 4.34. The van der Waals surface area contributed by atoms with Gasteiger partial charge in [0.1, 0.15) is 4.21 Å². The summed E-state index contributed by atoms with van der Waals surface area (Å²) in [5, 5.41) is 5.87. The fourth-order valence-electron chi connectivity index (χ4n) is 2.92. The number of aromatic nitrogens is 1. The van der Waals surface area contributed by atoms with Crippen LogP contribution in [0.4, 0.5) is 0 Å². The van der Waals surface area contributed by atoms with Crippen molar-refractivity contribution in [2.24, 2.45) is 5.92 Å². The predicted octanol–water partition coefficient (Wildman–Crippen LogP) is 3.55. The van der Waals surface area contributed by atoms with Gasteiger partial charge in [0.25, 0.3) is 10.0 Å². The largest absolute Gasteiger partial charge is 0.348 e. The topological polar surface area (TPSA) is 79.4 Å². The van der Waals surface area contributed by atoms with Crippen LogP contribution in [0.1, 0.15) is 36.5 Å². The molecule has 3 heterocycles. The number of carbonyl (C=O) groups is 1. The molecule has 0 saturated carbocycles. The van der Waals surface area contributed by atoms with E-state index in [4.69, 9.17) is 0 Å². The van der Waals surface area contributed by atoms with E-state index >= 15 is 0 Å². The van der Waals surface area contributed by atoms with Crippen molar-refractivity contribution in [3.63, 3.8) is 0 Å². The third-order valence-corrected chi connectivity index (χ3v) is 9.08. The lowest BCUT2D eigenvalue weighted by Crippen LogP contribution is -2.45. The zero-order chi connectivity index (χ0) is 18.9. The van der Waals surface area contributed by atoms with Crippen LogP contribution in [0.2, 0.25) is 0 Å². The fourth-order valence-corrected chi connectivity index (χ4v) is 7.32. The van der Waals surface area contributed by atoms with Crippen molar-refractivity contribution < 1.29 is 13.2 Å². The summed E-state index contributed by atoms with van der Waals surface area (Å²) in [6.45, 7) is 4.48. The molecule has 1 N–H and O–H groups in total. The minimum absolute atomic E-state index is 0.115. The number of nitrogens with one attached hydrogen (secondary N) is 1. The SMILES string of the molecule is Cc1nc(C(C)NC(=O)C2CCCN(S(=O)(=O)c3ccc(Br)s3)C2)cs1. The van der Waals surface area contributed by atoms with E-state index in [0.29, 0.717) is 23.6 Å². The Morgan fingerprint density at radius 1 is 1.46 bits per heavy atom. The van der Waals surface area contributed by atoms with E-state index in [1.165, 1.54) is 15.6 Å². The molecule has 142 valence electrons. The normalized spacial score (nSPS) is 20.0. The smallest absolute Gasteiger partial charge is 0.252 e. The minimum atomic E-state index is -3.55. The summed E-state index contributed by atoms with van der Waals surface area (Å²) in [5.41, 5.74) is 0.838. The molecule has 2 aromatic rings. The standard InChI is InChI=1S/C16H20BrN3O3S3/c1-10(13-9-24-11(2)19-13)18-16(21)12-4-3-7-20(8-12)26(22,23)15-6-5-14(17)25-15/h5-6,9-10,12H,3-4,7-8H2,1-2H3,(H,18,21). The van der Waals surface area contributed by atoms with E-state index in [1.807, 2.05) is 19.2 Å². The molecule has 0 radical (unpaired) electrons. The number of aryl methyl sites for hydroxylation is 1. The highest BCUT2D eigenvalue weighted by Crippen LogP contribution is 2.31.